The van der Waals surface area contributed by atoms with Crippen LogP contribution < -0.4 is 14.2 Å². The average Bonchev–Trinajstić information content (AvgIpc) is 3.48. The van der Waals surface area contributed by atoms with E-state index < -0.39 is 0 Å². The van der Waals surface area contributed by atoms with Gasteiger partial charge in [0, 0.05) is 12.0 Å². The molecule has 1 atom stereocenters. The molecule has 1 amide bonds. The van der Waals surface area contributed by atoms with Gasteiger partial charge in [-0.05, 0) is 29.8 Å². The molecule has 1 aliphatic rings. The Labute approximate surface area is 174 Å². The molecule has 0 saturated heterocycles. The van der Waals surface area contributed by atoms with Crippen molar-refractivity contribution < 1.29 is 23.4 Å². The minimum Gasteiger partial charge on any atom is -0.493 e. The summed E-state index contributed by atoms with van der Waals surface area (Å²) in [7, 11) is 4.54. The first kappa shape index (κ1) is 19.6. The molecular formula is C23H22N2O5. The normalized spacial score (nSPS) is 15.6. The lowest BCUT2D eigenvalue weighted by atomic mass is 10.0. The van der Waals surface area contributed by atoms with Gasteiger partial charge >= 0.3 is 0 Å². The van der Waals surface area contributed by atoms with Crippen molar-refractivity contribution in [3.8, 4) is 17.2 Å². The zero-order chi connectivity index (χ0) is 21.1. The van der Waals surface area contributed by atoms with E-state index >= 15 is 0 Å². The van der Waals surface area contributed by atoms with Gasteiger partial charge in [0.2, 0.25) is 5.75 Å². The molecule has 30 heavy (non-hydrogen) atoms. The smallest absolute Gasteiger partial charge is 0.274 e. The highest BCUT2D eigenvalue weighted by atomic mass is 16.5. The van der Waals surface area contributed by atoms with Crippen LogP contribution in [0.2, 0.25) is 0 Å². The van der Waals surface area contributed by atoms with E-state index in [4.69, 9.17) is 18.6 Å². The van der Waals surface area contributed by atoms with Crippen LogP contribution in [0.15, 0.2) is 70.4 Å². The molecule has 0 bridgehead atoms. The summed E-state index contributed by atoms with van der Waals surface area (Å²) in [5.74, 6) is 1.61. The van der Waals surface area contributed by atoms with Crippen molar-refractivity contribution in [2.45, 2.75) is 12.5 Å². The Bertz CT molecular complexity index is 1040. The van der Waals surface area contributed by atoms with Gasteiger partial charge in [0.15, 0.2) is 11.5 Å². The van der Waals surface area contributed by atoms with E-state index in [0.29, 0.717) is 35.0 Å². The highest BCUT2D eigenvalue weighted by Gasteiger charge is 2.36. The number of amides is 1. The van der Waals surface area contributed by atoms with Crippen molar-refractivity contribution in [3.63, 3.8) is 0 Å². The minimum absolute atomic E-state index is 0.290. The molecule has 2 heterocycles. The van der Waals surface area contributed by atoms with Crippen LogP contribution in [-0.2, 0) is 0 Å². The number of rotatable bonds is 6. The highest BCUT2D eigenvalue weighted by molar-refractivity contribution is 6.05. The van der Waals surface area contributed by atoms with E-state index in [-0.39, 0.29) is 11.9 Å². The number of carbonyl (C=O) groups is 1. The molecule has 7 heteroatoms. The number of ether oxygens (including phenoxy) is 3. The number of furan rings is 1. The van der Waals surface area contributed by atoms with Crippen LogP contribution in [0.25, 0.3) is 0 Å². The van der Waals surface area contributed by atoms with Gasteiger partial charge < -0.3 is 18.6 Å². The highest BCUT2D eigenvalue weighted by Crippen LogP contribution is 2.40. The van der Waals surface area contributed by atoms with E-state index in [1.54, 1.807) is 24.5 Å². The molecule has 1 unspecified atom stereocenters. The SMILES string of the molecule is COc1cc(C(=O)N2N=C(c3ccccc3)CC2c2ccco2)cc(OC)c1OC. The van der Waals surface area contributed by atoms with E-state index in [1.165, 1.54) is 26.3 Å². The van der Waals surface area contributed by atoms with Crippen LogP contribution >= 0.6 is 0 Å². The first-order valence-corrected chi connectivity index (χ1v) is 9.46. The van der Waals surface area contributed by atoms with Crippen LogP contribution in [0.5, 0.6) is 17.2 Å². The molecule has 1 aliphatic heterocycles. The van der Waals surface area contributed by atoms with Crippen molar-refractivity contribution in [1.82, 2.24) is 5.01 Å². The van der Waals surface area contributed by atoms with Gasteiger partial charge in [-0.3, -0.25) is 4.79 Å². The molecule has 2 aromatic carbocycles. The molecule has 0 fully saturated rings. The van der Waals surface area contributed by atoms with Crippen LogP contribution in [-0.4, -0.2) is 38.0 Å². The first-order valence-electron chi connectivity index (χ1n) is 9.46. The van der Waals surface area contributed by atoms with Crippen molar-refractivity contribution in [1.29, 1.82) is 0 Å². The largest absolute Gasteiger partial charge is 0.493 e. The molecule has 0 spiro atoms. The summed E-state index contributed by atoms with van der Waals surface area (Å²) in [6.45, 7) is 0. The van der Waals surface area contributed by atoms with Gasteiger partial charge in [-0.2, -0.15) is 5.10 Å². The molecule has 4 rings (SSSR count). The van der Waals surface area contributed by atoms with Crippen molar-refractivity contribution in [3.05, 3.63) is 77.7 Å². The molecule has 0 N–H and O–H groups in total. The second-order valence-electron chi connectivity index (χ2n) is 6.71. The summed E-state index contributed by atoms with van der Waals surface area (Å²) < 4.78 is 21.7. The van der Waals surface area contributed by atoms with Crippen molar-refractivity contribution in [2.75, 3.05) is 21.3 Å². The van der Waals surface area contributed by atoms with Crippen LogP contribution in [0, 0.1) is 0 Å². The van der Waals surface area contributed by atoms with Crippen molar-refractivity contribution >= 4 is 11.6 Å². The fourth-order valence-electron chi connectivity index (χ4n) is 3.54. The molecule has 1 aromatic heterocycles. The zero-order valence-electron chi connectivity index (χ0n) is 17.0. The fraction of sp³-hybridized carbons (Fsp3) is 0.217. The molecule has 0 radical (unpaired) electrons. The van der Waals surface area contributed by atoms with Gasteiger partial charge in [0.25, 0.3) is 5.91 Å². The minimum atomic E-state index is -0.346. The maximum Gasteiger partial charge on any atom is 0.274 e. The van der Waals surface area contributed by atoms with Crippen LogP contribution in [0.3, 0.4) is 0 Å². The van der Waals surface area contributed by atoms with E-state index in [2.05, 4.69) is 5.10 Å². The van der Waals surface area contributed by atoms with Gasteiger partial charge in [0.05, 0.1) is 33.3 Å². The zero-order valence-corrected chi connectivity index (χ0v) is 17.0. The van der Waals surface area contributed by atoms with Gasteiger partial charge in [-0.1, -0.05) is 30.3 Å². The summed E-state index contributed by atoms with van der Waals surface area (Å²) in [4.78, 5) is 13.5. The summed E-state index contributed by atoms with van der Waals surface area (Å²) in [6.07, 6.45) is 2.14. The molecule has 7 nitrogen and oxygen atoms in total. The number of hydrogen-bond donors (Lipinski definition) is 0. The molecule has 154 valence electrons. The lowest BCUT2D eigenvalue weighted by Gasteiger charge is -2.21. The summed E-state index contributed by atoms with van der Waals surface area (Å²) in [5.41, 5.74) is 2.16. The Balaban J connectivity index is 1.76. The Hall–Kier alpha value is -3.74. The van der Waals surface area contributed by atoms with E-state index in [1.807, 2.05) is 36.4 Å². The number of benzene rings is 2. The van der Waals surface area contributed by atoms with Crippen LogP contribution in [0.1, 0.15) is 34.1 Å². The molecular weight excluding hydrogens is 384 g/mol. The second kappa shape index (κ2) is 8.32. The topological polar surface area (TPSA) is 73.5 Å². The van der Waals surface area contributed by atoms with Crippen molar-refractivity contribution in [2.24, 2.45) is 5.10 Å². The Morgan fingerprint density at radius 3 is 2.27 bits per heavy atom. The van der Waals surface area contributed by atoms with Crippen LogP contribution in [0.4, 0.5) is 0 Å². The summed E-state index contributed by atoms with van der Waals surface area (Å²) in [5, 5.41) is 6.11. The molecule has 0 saturated carbocycles. The average molecular weight is 406 g/mol. The molecule has 0 aliphatic carbocycles. The second-order valence-corrected chi connectivity index (χ2v) is 6.71. The third kappa shape index (κ3) is 3.50. The Morgan fingerprint density at radius 1 is 1.00 bits per heavy atom. The van der Waals surface area contributed by atoms with E-state index in [9.17, 15) is 4.79 Å². The quantitative estimate of drug-likeness (QED) is 0.610. The van der Waals surface area contributed by atoms with Gasteiger partial charge in [0.1, 0.15) is 11.8 Å². The maximum absolute atomic E-state index is 13.5. The number of hydrazone groups is 1. The Kier molecular flexibility index (Phi) is 5.43. The Morgan fingerprint density at radius 2 is 1.70 bits per heavy atom. The predicted octanol–water partition coefficient (Wildman–Crippen LogP) is 4.30. The van der Waals surface area contributed by atoms with Gasteiger partial charge in [-0.25, -0.2) is 5.01 Å². The lowest BCUT2D eigenvalue weighted by molar-refractivity contribution is 0.0692. The maximum atomic E-state index is 13.5. The van der Waals surface area contributed by atoms with E-state index in [0.717, 1.165) is 11.3 Å². The lowest BCUT2D eigenvalue weighted by Crippen LogP contribution is -2.27. The monoisotopic (exact) mass is 406 g/mol. The fourth-order valence-corrected chi connectivity index (χ4v) is 3.54. The number of nitrogens with zero attached hydrogens (tertiary/aromatic N) is 2. The number of methoxy groups -OCH3 is 3. The summed E-state index contributed by atoms with van der Waals surface area (Å²) >= 11 is 0. The number of hydrogen-bond acceptors (Lipinski definition) is 6. The predicted molar refractivity (Wildman–Crippen MR) is 111 cm³/mol. The number of carbonyl (C=O) groups excluding carboxylic acids is 1. The third-order valence-electron chi connectivity index (χ3n) is 5.01. The third-order valence-corrected chi connectivity index (χ3v) is 5.01. The summed E-state index contributed by atoms with van der Waals surface area (Å²) in [6, 6.07) is 16.4. The van der Waals surface area contributed by atoms with Gasteiger partial charge in [-0.15, -0.1) is 0 Å². The first-order chi connectivity index (χ1) is 14.7. The molecule has 3 aromatic rings. The standard InChI is InChI=1S/C23H22N2O5/c1-27-20-12-16(13-21(28-2)22(20)29-3)23(26)25-18(19-10-7-11-30-19)14-17(24-25)15-8-5-4-6-9-15/h4-13,18H,14H2,1-3H3.